The summed E-state index contributed by atoms with van der Waals surface area (Å²) in [6.07, 6.45) is 6.49. The van der Waals surface area contributed by atoms with Crippen molar-refractivity contribution >= 4 is 0 Å². The Hall–Kier alpha value is -0.300. The summed E-state index contributed by atoms with van der Waals surface area (Å²) in [6.45, 7) is 10.6. The Labute approximate surface area is 94.3 Å². The summed E-state index contributed by atoms with van der Waals surface area (Å²) < 4.78 is 0. The van der Waals surface area contributed by atoms with E-state index in [1.807, 2.05) is 0 Å². The van der Waals surface area contributed by atoms with Gasteiger partial charge in [0, 0.05) is 6.04 Å². The lowest BCUT2D eigenvalue weighted by Crippen LogP contribution is -2.29. The van der Waals surface area contributed by atoms with Crippen molar-refractivity contribution in [1.82, 2.24) is 5.32 Å². The summed E-state index contributed by atoms with van der Waals surface area (Å²) in [4.78, 5) is 0. The molecule has 1 fully saturated rings. The first-order valence-corrected chi connectivity index (χ1v) is 6.38. The van der Waals surface area contributed by atoms with Gasteiger partial charge in [0.2, 0.25) is 0 Å². The molecule has 0 aromatic rings. The van der Waals surface area contributed by atoms with E-state index in [1.54, 1.807) is 5.57 Å². The molecule has 0 spiro atoms. The summed E-state index contributed by atoms with van der Waals surface area (Å²) in [5.74, 6) is 1.67. The Morgan fingerprint density at radius 3 is 2.67 bits per heavy atom. The Kier molecular flexibility index (Phi) is 2.94. The molecule has 0 amide bonds. The topological polar surface area (TPSA) is 12.0 Å². The maximum Gasteiger partial charge on any atom is 0.0125 e. The van der Waals surface area contributed by atoms with E-state index < -0.39 is 0 Å². The van der Waals surface area contributed by atoms with Gasteiger partial charge in [-0.3, -0.25) is 0 Å². The fourth-order valence-corrected chi connectivity index (χ4v) is 2.97. The van der Waals surface area contributed by atoms with Crippen LogP contribution in [0.3, 0.4) is 0 Å². The molecule has 0 aromatic heterocycles. The molecule has 0 saturated heterocycles. The van der Waals surface area contributed by atoms with Crippen LogP contribution in [-0.2, 0) is 0 Å². The third kappa shape index (κ3) is 2.84. The summed E-state index contributed by atoms with van der Waals surface area (Å²) in [5.41, 5.74) is 2.17. The third-order valence-corrected chi connectivity index (χ3v) is 4.05. The molecular weight excluding hydrogens is 182 g/mol. The summed E-state index contributed by atoms with van der Waals surface area (Å²) in [7, 11) is 0. The van der Waals surface area contributed by atoms with Crippen LogP contribution in [0.1, 0.15) is 47.0 Å². The standard InChI is InChI=1S/C14H25N/c1-10-5-11(2)7-12(6-10)9-15-13-8-14(13,3)4/h5,10,12-13,15H,6-9H2,1-4H3. The molecule has 1 nitrogen and oxygen atoms in total. The van der Waals surface area contributed by atoms with Crippen LogP contribution in [0, 0.1) is 17.3 Å². The van der Waals surface area contributed by atoms with E-state index in [-0.39, 0.29) is 0 Å². The molecule has 3 unspecified atom stereocenters. The number of hydrogen-bond acceptors (Lipinski definition) is 1. The number of hydrogen-bond donors (Lipinski definition) is 1. The van der Waals surface area contributed by atoms with Gasteiger partial charge in [-0.15, -0.1) is 0 Å². The minimum absolute atomic E-state index is 0.575. The quantitative estimate of drug-likeness (QED) is 0.700. The van der Waals surface area contributed by atoms with Crippen LogP contribution in [0.25, 0.3) is 0 Å². The van der Waals surface area contributed by atoms with E-state index in [9.17, 15) is 0 Å². The number of rotatable bonds is 3. The highest BCUT2D eigenvalue weighted by atomic mass is 15.0. The van der Waals surface area contributed by atoms with Crippen molar-refractivity contribution in [2.45, 2.75) is 53.0 Å². The van der Waals surface area contributed by atoms with Crippen molar-refractivity contribution in [2.75, 3.05) is 6.54 Å². The highest BCUT2D eigenvalue weighted by Gasteiger charge is 2.45. The van der Waals surface area contributed by atoms with E-state index in [0.29, 0.717) is 5.41 Å². The first-order chi connectivity index (χ1) is 6.97. The van der Waals surface area contributed by atoms with Gasteiger partial charge < -0.3 is 5.32 Å². The van der Waals surface area contributed by atoms with Gasteiger partial charge in [0.15, 0.2) is 0 Å². The fourth-order valence-electron chi connectivity index (χ4n) is 2.97. The van der Waals surface area contributed by atoms with Gasteiger partial charge in [0.1, 0.15) is 0 Å². The normalized spacial score (nSPS) is 38.7. The van der Waals surface area contributed by atoms with E-state index in [4.69, 9.17) is 0 Å². The minimum Gasteiger partial charge on any atom is -0.313 e. The lowest BCUT2D eigenvalue weighted by Gasteiger charge is -2.26. The van der Waals surface area contributed by atoms with Crippen LogP contribution >= 0.6 is 0 Å². The molecule has 0 aliphatic heterocycles. The molecule has 1 N–H and O–H groups in total. The van der Waals surface area contributed by atoms with Crippen molar-refractivity contribution in [1.29, 1.82) is 0 Å². The van der Waals surface area contributed by atoms with Crippen LogP contribution in [-0.4, -0.2) is 12.6 Å². The van der Waals surface area contributed by atoms with Gasteiger partial charge in [-0.25, -0.2) is 0 Å². The van der Waals surface area contributed by atoms with Crippen LogP contribution < -0.4 is 5.32 Å². The maximum atomic E-state index is 3.73. The molecule has 3 atom stereocenters. The molecule has 1 saturated carbocycles. The predicted molar refractivity (Wildman–Crippen MR) is 65.8 cm³/mol. The van der Waals surface area contributed by atoms with Crippen molar-refractivity contribution in [3.05, 3.63) is 11.6 Å². The zero-order chi connectivity index (χ0) is 11.1. The van der Waals surface area contributed by atoms with Crippen molar-refractivity contribution < 1.29 is 0 Å². The molecule has 2 aliphatic carbocycles. The Balaban J connectivity index is 1.75. The fraction of sp³-hybridized carbons (Fsp3) is 0.857. The van der Waals surface area contributed by atoms with Crippen LogP contribution in [0.4, 0.5) is 0 Å². The van der Waals surface area contributed by atoms with E-state index >= 15 is 0 Å². The van der Waals surface area contributed by atoms with E-state index in [0.717, 1.165) is 17.9 Å². The summed E-state index contributed by atoms with van der Waals surface area (Å²) in [5, 5.41) is 3.73. The zero-order valence-electron chi connectivity index (χ0n) is 10.6. The highest BCUT2D eigenvalue weighted by Crippen LogP contribution is 2.44. The van der Waals surface area contributed by atoms with Crippen LogP contribution in [0.15, 0.2) is 11.6 Å². The van der Waals surface area contributed by atoms with E-state index in [2.05, 4.69) is 39.1 Å². The Bertz CT molecular complexity index is 265. The lowest BCUT2D eigenvalue weighted by molar-refractivity contribution is 0.371. The second-order valence-electron chi connectivity index (χ2n) is 6.45. The summed E-state index contributed by atoms with van der Waals surface area (Å²) in [6, 6.07) is 0.791. The van der Waals surface area contributed by atoms with E-state index in [1.165, 1.54) is 25.8 Å². The molecule has 1 heteroatoms. The monoisotopic (exact) mass is 207 g/mol. The first kappa shape index (κ1) is 11.2. The smallest absolute Gasteiger partial charge is 0.0125 e. The maximum absolute atomic E-state index is 3.73. The largest absolute Gasteiger partial charge is 0.313 e. The molecule has 2 rings (SSSR count). The van der Waals surface area contributed by atoms with Crippen LogP contribution in [0.2, 0.25) is 0 Å². The Morgan fingerprint density at radius 1 is 1.47 bits per heavy atom. The van der Waals surface area contributed by atoms with Gasteiger partial charge in [-0.05, 0) is 50.0 Å². The predicted octanol–water partition coefficient (Wildman–Crippen LogP) is 3.37. The highest BCUT2D eigenvalue weighted by molar-refractivity contribution is 5.07. The summed E-state index contributed by atoms with van der Waals surface area (Å²) >= 11 is 0. The molecule has 0 heterocycles. The third-order valence-electron chi connectivity index (χ3n) is 4.05. The molecule has 0 radical (unpaired) electrons. The minimum atomic E-state index is 0.575. The average Bonchev–Trinajstić information content (AvgIpc) is 2.69. The second kappa shape index (κ2) is 3.93. The van der Waals surface area contributed by atoms with Gasteiger partial charge in [0.25, 0.3) is 0 Å². The van der Waals surface area contributed by atoms with Crippen molar-refractivity contribution in [2.24, 2.45) is 17.3 Å². The first-order valence-electron chi connectivity index (χ1n) is 6.38. The van der Waals surface area contributed by atoms with Crippen molar-refractivity contribution in [3.8, 4) is 0 Å². The van der Waals surface area contributed by atoms with Gasteiger partial charge in [-0.1, -0.05) is 32.4 Å². The molecule has 0 bridgehead atoms. The number of allylic oxidation sites excluding steroid dienone is 2. The van der Waals surface area contributed by atoms with Crippen LogP contribution in [0.5, 0.6) is 0 Å². The molecule has 15 heavy (non-hydrogen) atoms. The SMILES string of the molecule is CC1=CC(C)CC(CNC2CC2(C)C)C1. The molecular formula is C14H25N. The lowest BCUT2D eigenvalue weighted by atomic mass is 9.84. The average molecular weight is 207 g/mol. The van der Waals surface area contributed by atoms with Gasteiger partial charge in [0.05, 0.1) is 0 Å². The van der Waals surface area contributed by atoms with Gasteiger partial charge in [-0.2, -0.15) is 0 Å². The van der Waals surface area contributed by atoms with Crippen molar-refractivity contribution in [3.63, 3.8) is 0 Å². The second-order valence-corrected chi connectivity index (χ2v) is 6.45. The molecule has 86 valence electrons. The number of nitrogens with one attached hydrogen (secondary N) is 1. The molecule has 2 aliphatic rings. The van der Waals surface area contributed by atoms with Gasteiger partial charge >= 0.3 is 0 Å². The Morgan fingerprint density at radius 2 is 2.13 bits per heavy atom. The zero-order valence-corrected chi connectivity index (χ0v) is 10.6. The molecule has 0 aromatic carbocycles.